The van der Waals surface area contributed by atoms with E-state index in [1.807, 2.05) is 0 Å². The number of rotatable bonds is 7. The molecule has 0 unspecified atom stereocenters. The number of benzene rings is 3. The van der Waals surface area contributed by atoms with Crippen LogP contribution in [0.1, 0.15) is 38.2 Å². The number of hydrogen-bond donors (Lipinski definition) is 0. The van der Waals surface area contributed by atoms with Gasteiger partial charge in [0.15, 0.2) is 0 Å². The molecular formula is C28H19F12NO4. The zero-order valence-electron chi connectivity index (χ0n) is 22.7. The van der Waals surface area contributed by atoms with Crippen molar-refractivity contribution in [2.45, 2.75) is 37.8 Å². The fourth-order valence-electron chi connectivity index (χ4n) is 4.24. The van der Waals surface area contributed by atoms with Crippen molar-refractivity contribution < 1.29 is 71.7 Å². The van der Waals surface area contributed by atoms with E-state index < -0.39 is 83.1 Å². The Kier molecular flexibility index (Phi) is 9.75. The largest absolute Gasteiger partial charge is 0.496 e. The van der Waals surface area contributed by atoms with Gasteiger partial charge in [0.2, 0.25) is 0 Å². The van der Waals surface area contributed by atoms with E-state index in [0.717, 1.165) is 32.4 Å². The van der Waals surface area contributed by atoms with Crippen LogP contribution in [0.25, 0.3) is 11.1 Å². The highest BCUT2D eigenvalue weighted by atomic mass is 19.4. The molecule has 0 fully saturated rings. The third-order valence-corrected chi connectivity index (χ3v) is 6.26. The lowest BCUT2D eigenvalue weighted by atomic mass is 9.94. The summed E-state index contributed by atoms with van der Waals surface area (Å²) in [4.78, 5) is 25.0. The van der Waals surface area contributed by atoms with Crippen LogP contribution in [-0.2, 0) is 36.4 Å². The summed E-state index contributed by atoms with van der Waals surface area (Å²) in [5.74, 6) is -2.53. The lowest BCUT2D eigenvalue weighted by Gasteiger charge is -2.25. The summed E-state index contributed by atoms with van der Waals surface area (Å²) in [6, 6.07) is 4.56. The van der Waals surface area contributed by atoms with Crippen LogP contribution in [0.3, 0.4) is 0 Å². The number of ketones is 1. The molecule has 5 nitrogen and oxygen atoms in total. The second-order valence-electron chi connectivity index (χ2n) is 9.35. The average molecular weight is 661 g/mol. The van der Waals surface area contributed by atoms with Crippen LogP contribution >= 0.6 is 0 Å². The van der Waals surface area contributed by atoms with Crippen molar-refractivity contribution in [2.75, 3.05) is 14.2 Å². The molecule has 0 heterocycles. The predicted molar refractivity (Wildman–Crippen MR) is 132 cm³/mol. The molecule has 0 aromatic heterocycles. The quantitative estimate of drug-likeness (QED) is 0.188. The minimum absolute atomic E-state index is 0.168. The number of carbonyl (C=O) groups excluding carboxylic acids is 2. The second-order valence-corrected chi connectivity index (χ2v) is 9.35. The molecule has 244 valence electrons. The number of amides is 1. The Hall–Kier alpha value is -4.44. The number of methoxy groups -OCH3 is 2. The van der Waals surface area contributed by atoms with Gasteiger partial charge < -0.3 is 9.47 Å². The van der Waals surface area contributed by atoms with Gasteiger partial charge in [0.05, 0.1) is 30.9 Å². The number of ether oxygens (including phenoxy) is 2. The van der Waals surface area contributed by atoms with Crippen LogP contribution in [0.4, 0.5) is 57.5 Å². The molecule has 0 bridgehead atoms. The maximum absolute atomic E-state index is 13.7. The van der Waals surface area contributed by atoms with Gasteiger partial charge in [-0.05, 0) is 65.2 Å². The number of alkyl halides is 12. The second kappa shape index (κ2) is 12.5. The molecule has 17 heteroatoms. The SMILES string of the molecule is COC(=O)N(Cc1cc(C(F)(F)F)cc(C(F)(F)F)c1)Cc1cc(C(F)(F)F)ccc1-c1cc(C(=O)C(F)(F)F)ccc1OC. The smallest absolute Gasteiger partial charge is 0.454 e. The Morgan fingerprint density at radius 3 is 1.67 bits per heavy atom. The van der Waals surface area contributed by atoms with Crippen molar-refractivity contribution in [1.82, 2.24) is 4.90 Å². The third kappa shape index (κ3) is 8.39. The Bertz CT molecular complexity index is 1540. The molecule has 0 aliphatic heterocycles. The van der Waals surface area contributed by atoms with Gasteiger partial charge in [0.25, 0.3) is 5.78 Å². The van der Waals surface area contributed by atoms with Crippen LogP contribution < -0.4 is 4.74 Å². The molecule has 0 aliphatic carbocycles. The molecule has 3 rings (SSSR count). The Balaban J connectivity index is 2.23. The Labute approximate surface area is 245 Å². The maximum atomic E-state index is 13.7. The molecule has 0 N–H and O–H groups in total. The molecule has 0 saturated carbocycles. The van der Waals surface area contributed by atoms with Crippen molar-refractivity contribution >= 4 is 11.9 Å². The molecule has 0 spiro atoms. The fraction of sp³-hybridized carbons (Fsp3) is 0.286. The molecule has 3 aromatic rings. The first-order chi connectivity index (χ1) is 20.6. The van der Waals surface area contributed by atoms with Gasteiger partial charge in [-0.25, -0.2) is 4.79 Å². The van der Waals surface area contributed by atoms with Crippen LogP contribution in [0.2, 0.25) is 0 Å². The molecule has 1 amide bonds. The standard InChI is InChI=1S/C28H19F12NO4/c1-44-22-6-3-15(23(42)28(38,39)40)10-21(22)20-5-4-17(25(29,30)31)9-16(20)13-41(24(43)45-2)12-14-7-18(26(32,33)34)11-19(8-14)27(35,36)37/h3-11H,12-13H2,1-2H3. The number of Topliss-reactive ketones (excluding diaryl/α,β-unsaturated/α-hetero) is 1. The molecule has 0 saturated heterocycles. The summed E-state index contributed by atoms with van der Waals surface area (Å²) in [6.07, 6.45) is -22.2. The summed E-state index contributed by atoms with van der Waals surface area (Å²) in [7, 11) is 1.84. The first-order valence-electron chi connectivity index (χ1n) is 12.2. The van der Waals surface area contributed by atoms with Gasteiger partial charge in [0, 0.05) is 24.2 Å². The van der Waals surface area contributed by atoms with E-state index in [0.29, 0.717) is 35.2 Å². The van der Waals surface area contributed by atoms with Gasteiger partial charge in [-0.2, -0.15) is 52.7 Å². The number of carbonyl (C=O) groups is 2. The van der Waals surface area contributed by atoms with Crippen LogP contribution in [0.15, 0.2) is 54.6 Å². The van der Waals surface area contributed by atoms with Gasteiger partial charge in [-0.1, -0.05) is 6.07 Å². The summed E-state index contributed by atoms with van der Waals surface area (Å²) in [6.45, 7) is -2.01. The van der Waals surface area contributed by atoms with Crippen LogP contribution in [-0.4, -0.2) is 37.2 Å². The van der Waals surface area contributed by atoms with Crippen molar-refractivity contribution in [3.05, 3.63) is 88.0 Å². The van der Waals surface area contributed by atoms with Crippen molar-refractivity contribution in [3.8, 4) is 16.9 Å². The number of hydrogen-bond acceptors (Lipinski definition) is 4. The Morgan fingerprint density at radius 2 is 1.20 bits per heavy atom. The topological polar surface area (TPSA) is 55.8 Å². The minimum Gasteiger partial charge on any atom is -0.496 e. The van der Waals surface area contributed by atoms with E-state index in [9.17, 15) is 62.3 Å². The van der Waals surface area contributed by atoms with E-state index >= 15 is 0 Å². The van der Waals surface area contributed by atoms with E-state index in [-0.39, 0.29) is 22.9 Å². The van der Waals surface area contributed by atoms with Crippen molar-refractivity contribution in [2.24, 2.45) is 0 Å². The highest BCUT2D eigenvalue weighted by molar-refractivity contribution is 6.01. The highest BCUT2D eigenvalue weighted by Gasteiger charge is 2.40. The predicted octanol–water partition coefficient (Wildman–Crippen LogP) is 8.93. The molecular weight excluding hydrogens is 642 g/mol. The minimum atomic E-state index is -5.34. The van der Waals surface area contributed by atoms with Gasteiger partial charge in [-0.3, -0.25) is 9.69 Å². The van der Waals surface area contributed by atoms with Crippen molar-refractivity contribution in [1.29, 1.82) is 0 Å². The molecule has 0 atom stereocenters. The third-order valence-electron chi connectivity index (χ3n) is 6.26. The maximum Gasteiger partial charge on any atom is 0.454 e. The zero-order chi connectivity index (χ0) is 34.1. The lowest BCUT2D eigenvalue weighted by Crippen LogP contribution is -2.30. The first kappa shape index (κ1) is 35.0. The first-order valence-corrected chi connectivity index (χ1v) is 12.2. The molecule has 45 heavy (non-hydrogen) atoms. The summed E-state index contributed by atoms with van der Waals surface area (Å²) in [5.41, 5.74) is -7.60. The summed E-state index contributed by atoms with van der Waals surface area (Å²) in [5, 5.41) is 0. The highest BCUT2D eigenvalue weighted by Crippen LogP contribution is 2.40. The van der Waals surface area contributed by atoms with Gasteiger partial charge in [0.1, 0.15) is 5.75 Å². The van der Waals surface area contributed by atoms with E-state index in [1.165, 1.54) is 0 Å². The van der Waals surface area contributed by atoms with E-state index in [4.69, 9.17) is 4.74 Å². The summed E-state index contributed by atoms with van der Waals surface area (Å²) < 4.78 is 170. The van der Waals surface area contributed by atoms with Gasteiger partial charge >= 0.3 is 30.8 Å². The lowest BCUT2D eigenvalue weighted by molar-refractivity contribution is -0.143. The monoisotopic (exact) mass is 661 g/mol. The average Bonchev–Trinajstić information content (AvgIpc) is 2.93. The molecule has 0 aliphatic rings. The Morgan fingerprint density at radius 1 is 0.644 bits per heavy atom. The number of halogens is 12. The zero-order valence-corrected chi connectivity index (χ0v) is 22.7. The molecule has 3 aromatic carbocycles. The van der Waals surface area contributed by atoms with Crippen LogP contribution in [0, 0.1) is 0 Å². The molecule has 0 radical (unpaired) electrons. The normalized spacial score (nSPS) is 12.6. The number of nitrogens with zero attached hydrogens (tertiary/aromatic N) is 1. The summed E-state index contributed by atoms with van der Waals surface area (Å²) >= 11 is 0. The van der Waals surface area contributed by atoms with Crippen molar-refractivity contribution in [3.63, 3.8) is 0 Å². The van der Waals surface area contributed by atoms with E-state index in [2.05, 4.69) is 4.74 Å². The van der Waals surface area contributed by atoms with Crippen LogP contribution in [0.5, 0.6) is 5.75 Å². The van der Waals surface area contributed by atoms with Gasteiger partial charge in [-0.15, -0.1) is 0 Å². The fourth-order valence-corrected chi connectivity index (χ4v) is 4.24. The van der Waals surface area contributed by atoms with E-state index in [1.54, 1.807) is 0 Å².